The van der Waals surface area contributed by atoms with E-state index in [-0.39, 0.29) is 17.4 Å². The lowest BCUT2D eigenvalue weighted by atomic mass is 10.3. The van der Waals surface area contributed by atoms with Gasteiger partial charge in [0.05, 0.1) is 25.2 Å². The van der Waals surface area contributed by atoms with Crippen LogP contribution < -0.4 is 24.6 Å². The molecular formula is C19H18ClN3O5S. The molecule has 152 valence electrons. The van der Waals surface area contributed by atoms with Crippen LogP contribution in [0, 0.1) is 0 Å². The Kier molecular flexibility index (Phi) is 6.84. The molecular weight excluding hydrogens is 418 g/mol. The van der Waals surface area contributed by atoms with Crippen molar-refractivity contribution in [3.05, 3.63) is 47.5 Å². The van der Waals surface area contributed by atoms with Crippen LogP contribution in [-0.4, -0.2) is 31.2 Å². The number of methoxy groups -OCH3 is 2. The third-order valence-corrected chi connectivity index (χ3v) is 5.15. The fraction of sp³-hybridized carbons (Fsp3) is 0.211. The molecule has 0 atom stereocenters. The number of nitrogens with one attached hydrogen (secondary N) is 1. The van der Waals surface area contributed by atoms with Gasteiger partial charge in [0.15, 0.2) is 5.95 Å². The zero-order valence-corrected chi connectivity index (χ0v) is 17.2. The van der Waals surface area contributed by atoms with Gasteiger partial charge in [-0.2, -0.15) is 0 Å². The second-order valence-corrected chi connectivity index (χ2v) is 7.29. The largest absolute Gasteiger partial charge is 0.538 e. The number of amides is 1. The fourth-order valence-corrected chi connectivity index (χ4v) is 3.55. The topological polar surface area (TPSA) is 101 Å². The summed E-state index contributed by atoms with van der Waals surface area (Å²) in [6, 6.07) is 12.0. The summed E-state index contributed by atoms with van der Waals surface area (Å²) in [6.45, 7) is 0. The summed E-state index contributed by atoms with van der Waals surface area (Å²) in [7, 11) is 3.08. The maximum absolute atomic E-state index is 12.3. The van der Waals surface area contributed by atoms with Gasteiger partial charge in [-0.3, -0.25) is 4.79 Å². The van der Waals surface area contributed by atoms with Gasteiger partial charge < -0.3 is 24.4 Å². The van der Waals surface area contributed by atoms with Crippen molar-refractivity contribution < 1.29 is 28.6 Å². The van der Waals surface area contributed by atoms with E-state index in [1.165, 1.54) is 23.6 Å². The van der Waals surface area contributed by atoms with Crippen LogP contribution >= 0.6 is 23.4 Å². The van der Waals surface area contributed by atoms with Crippen molar-refractivity contribution in [2.24, 2.45) is 0 Å². The molecule has 0 aliphatic carbocycles. The predicted molar refractivity (Wildman–Crippen MR) is 106 cm³/mol. The highest BCUT2D eigenvalue weighted by molar-refractivity contribution is 7.99. The number of halogens is 1. The zero-order chi connectivity index (χ0) is 20.8. The number of hydrogen-bond acceptors (Lipinski definition) is 7. The number of hydrogen-bond donors (Lipinski definition) is 1. The van der Waals surface area contributed by atoms with E-state index in [9.17, 15) is 9.90 Å². The van der Waals surface area contributed by atoms with Gasteiger partial charge >= 0.3 is 0 Å². The average Bonchev–Trinajstić information content (AvgIpc) is 3.09. The van der Waals surface area contributed by atoms with E-state index in [0.717, 1.165) is 0 Å². The minimum absolute atomic E-state index is 0.160. The number of thioether (sulfide) groups is 1. The Morgan fingerprint density at radius 2 is 2.00 bits per heavy atom. The molecule has 1 aromatic heterocycles. The lowest BCUT2D eigenvalue weighted by Crippen LogP contribution is -2.34. The van der Waals surface area contributed by atoms with Crippen LogP contribution in [0.3, 0.4) is 0 Å². The Hall–Kier alpha value is -2.91. The summed E-state index contributed by atoms with van der Waals surface area (Å²) >= 11 is 7.15. The summed E-state index contributed by atoms with van der Waals surface area (Å²) < 4.78 is 16.5. The van der Waals surface area contributed by atoms with Crippen LogP contribution in [-0.2, 0) is 4.79 Å². The molecule has 0 bridgehead atoms. The van der Waals surface area contributed by atoms with Crippen molar-refractivity contribution in [2.75, 3.05) is 25.3 Å². The highest BCUT2D eigenvalue weighted by atomic mass is 35.5. The summed E-state index contributed by atoms with van der Waals surface area (Å²) in [5.74, 6) is 0.734. The van der Waals surface area contributed by atoms with Crippen LogP contribution in [0.4, 0.5) is 5.69 Å². The molecule has 0 unspecified atom stereocenters. The van der Waals surface area contributed by atoms with Crippen molar-refractivity contribution in [1.29, 1.82) is 0 Å². The Labute approximate surface area is 176 Å². The number of nitrogens with zero attached hydrogens (tertiary/aromatic N) is 2. The fourth-order valence-electron chi connectivity index (χ4n) is 2.48. The number of carbonyl (C=O) groups excluding carboxylic acids is 1. The number of aromatic nitrogens is 2. The maximum atomic E-state index is 12.3. The zero-order valence-electron chi connectivity index (χ0n) is 15.7. The molecule has 29 heavy (non-hydrogen) atoms. The van der Waals surface area contributed by atoms with Gasteiger partial charge in [0, 0.05) is 29.3 Å². The molecule has 10 heteroatoms. The third-order valence-electron chi connectivity index (χ3n) is 3.89. The maximum Gasteiger partial charge on any atom is 0.297 e. The van der Waals surface area contributed by atoms with Gasteiger partial charge in [0.1, 0.15) is 11.5 Å². The van der Waals surface area contributed by atoms with Gasteiger partial charge in [0.2, 0.25) is 11.6 Å². The number of carbonyl (C=O) groups is 1. The van der Waals surface area contributed by atoms with Crippen molar-refractivity contribution in [2.45, 2.75) is 11.4 Å². The van der Waals surface area contributed by atoms with Crippen molar-refractivity contribution in [1.82, 2.24) is 5.27 Å². The molecule has 3 aromatic rings. The highest BCUT2D eigenvalue weighted by Crippen LogP contribution is 2.28. The van der Waals surface area contributed by atoms with Crippen LogP contribution in [0.1, 0.15) is 6.42 Å². The molecule has 0 aliphatic rings. The van der Waals surface area contributed by atoms with Gasteiger partial charge in [0.25, 0.3) is 5.03 Å². The molecule has 0 saturated carbocycles. The molecule has 0 radical (unpaired) electrons. The lowest BCUT2D eigenvalue weighted by molar-refractivity contribution is -0.705. The van der Waals surface area contributed by atoms with Crippen LogP contribution in [0.15, 0.2) is 52.0 Å². The smallest absolute Gasteiger partial charge is 0.297 e. The Morgan fingerprint density at radius 1 is 1.24 bits per heavy atom. The number of anilines is 1. The monoisotopic (exact) mass is 435 g/mol. The first-order valence-electron chi connectivity index (χ1n) is 8.51. The average molecular weight is 436 g/mol. The summed E-state index contributed by atoms with van der Waals surface area (Å²) in [4.78, 5) is 12.3. The molecule has 0 fully saturated rings. The second kappa shape index (κ2) is 9.53. The third kappa shape index (κ3) is 5.12. The summed E-state index contributed by atoms with van der Waals surface area (Å²) in [6.07, 6.45) is 0.160. The predicted octanol–water partition coefficient (Wildman–Crippen LogP) is 2.82. The Morgan fingerprint density at radius 3 is 2.69 bits per heavy atom. The van der Waals surface area contributed by atoms with E-state index in [1.807, 2.05) is 0 Å². The van der Waals surface area contributed by atoms with E-state index in [0.29, 0.717) is 33.6 Å². The molecule has 8 nitrogen and oxygen atoms in total. The van der Waals surface area contributed by atoms with E-state index in [2.05, 4.69) is 10.6 Å². The molecule has 1 heterocycles. The van der Waals surface area contributed by atoms with E-state index >= 15 is 0 Å². The molecule has 0 spiro atoms. The summed E-state index contributed by atoms with van der Waals surface area (Å²) in [5.41, 5.74) is 1.13. The first-order valence-corrected chi connectivity index (χ1v) is 9.88. The minimum atomic E-state index is -0.567. The molecule has 0 aliphatic heterocycles. The van der Waals surface area contributed by atoms with Crippen LogP contribution in [0.25, 0.3) is 5.69 Å². The van der Waals surface area contributed by atoms with E-state index < -0.39 is 5.95 Å². The standard InChI is InChI=1S/C19H18ClN3O5S/c1-26-14-6-4-13(5-7-14)23-18(19(25)28-22-23)29-10-9-17(24)21-15-11-12(20)3-8-16(15)27-2/h3-8,11H,9-10H2,1-2H3,(H-,21,22,24,25). The number of benzene rings is 2. The van der Waals surface area contributed by atoms with Gasteiger partial charge in [-0.1, -0.05) is 23.4 Å². The Balaban J connectivity index is 1.63. The van der Waals surface area contributed by atoms with Gasteiger partial charge in [-0.15, -0.1) is 0 Å². The molecule has 0 saturated heterocycles. The van der Waals surface area contributed by atoms with Crippen LogP contribution in [0.5, 0.6) is 17.4 Å². The number of rotatable bonds is 8. The molecule has 1 amide bonds. The molecule has 2 aromatic carbocycles. The van der Waals surface area contributed by atoms with E-state index in [4.69, 9.17) is 25.6 Å². The van der Waals surface area contributed by atoms with Crippen molar-refractivity contribution >= 4 is 35.0 Å². The molecule has 1 N–H and O–H groups in total. The van der Waals surface area contributed by atoms with E-state index in [1.54, 1.807) is 49.6 Å². The lowest BCUT2D eigenvalue weighted by Gasteiger charge is -2.10. The molecule has 3 rings (SSSR count). The Bertz CT molecular complexity index is 994. The quantitative estimate of drug-likeness (QED) is 0.429. The SMILES string of the molecule is COc1ccc(-[n+]2noc([O-])c2SCCC(=O)Nc2cc(Cl)ccc2OC)cc1. The highest BCUT2D eigenvalue weighted by Gasteiger charge is 2.21. The first kappa shape index (κ1) is 20.8. The van der Waals surface area contributed by atoms with Crippen LogP contribution in [0.2, 0.25) is 5.02 Å². The van der Waals surface area contributed by atoms with Crippen molar-refractivity contribution in [3.8, 4) is 23.1 Å². The van der Waals surface area contributed by atoms with Gasteiger partial charge in [-0.25, -0.2) is 0 Å². The second-order valence-electron chi connectivity index (χ2n) is 5.77. The van der Waals surface area contributed by atoms with Crippen molar-refractivity contribution in [3.63, 3.8) is 0 Å². The normalized spacial score (nSPS) is 10.6. The summed E-state index contributed by atoms with van der Waals surface area (Å²) in [5, 5.41) is 19.3. The minimum Gasteiger partial charge on any atom is -0.538 e. The van der Waals surface area contributed by atoms with Gasteiger partial charge in [-0.05, 0) is 35.0 Å². The number of ether oxygens (including phenoxy) is 2. The first-order chi connectivity index (χ1) is 14.0.